The van der Waals surface area contributed by atoms with Crippen LogP contribution in [0.5, 0.6) is 0 Å². The van der Waals surface area contributed by atoms with Crippen molar-refractivity contribution >= 4 is 44.7 Å². The van der Waals surface area contributed by atoms with Gasteiger partial charge < -0.3 is 4.74 Å². The van der Waals surface area contributed by atoms with Crippen LogP contribution in [-0.2, 0) is 14.3 Å². The van der Waals surface area contributed by atoms with Crippen molar-refractivity contribution < 1.29 is 19.1 Å². The molecule has 0 spiro atoms. The number of halogens is 1. The Bertz CT molecular complexity index is 949. The lowest BCUT2D eigenvalue weighted by Gasteiger charge is -2.31. The van der Waals surface area contributed by atoms with Gasteiger partial charge in [-0.25, -0.2) is 4.79 Å². The molecule has 1 aliphatic heterocycles. The van der Waals surface area contributed by atoms with Crippen LogP contribution in [0.3, 0.4) is 0 Å². The maximum Gasteiger partial charge on any atom is 0.424 e. The van der Waals surface area contributed by atoms with Gasteiger partial charge in [0.2, 0.25) is 11.8 Å². The number of benzene rings is 1. The van der Waals surface area contributed by atoms with Crippen LogP contribution in [0.15, 0.2) is 28.7 Å². The van der Waals surface area contributed by atoms with E-state index in [0.717, 1.165) is 20.9 Å². The van der Waals surface area contributed by atoms with E-state index < -0.39 is 29.4 Å². The number of amides is 3. The standard InChI is InChI=1S/C20H21BrN2O4/c1-11-15(9-12-5-6-13(21)10-16(12)22-11)14-7-8-17(24)23(18(14)25)19(26)27-20(2,3)4/h5-6,9-10,14H,7-8H2,1-4H3. The highest BCUT2D eigenvalue weighted by atomic mass is 79.9. The number of fused-ring (bicyclic) bond motifs is 1. The van der Waals surface area contributed by atoms with Gasteiger partial charge in [0.05, 0.1) is 11.4 Å². The summed E-state index contributed by atoms with van der Waals surface area (Å²) >= 11 is 3.43. The molecule has 1 atom stereocenters. The van der Waals surface area contributed by atoms with Gasteiger partial charge in [0.25, 0.3) is 0 Å². The maximum absolute atomic E-state index is 13.0. The van der Waals surface area contributed by atoms with Gasteiger partial charge >= 0.3 is 6.09 Å². The lowest BCUT2D eigenvalue weighted by Crippen LogP contribution is -2.49. The average molecular weight is 433 g/mol. The van der Waals surface area contributed by atoms with Crippen molar-refractivity contribution in [1.29, 1.82) is 0 Å². The van der Waals surface area contributed by atoms with Gasteiger partial charge in [0, 0.05) is 22.0 Å². The molecule has 27 heavy (non-hydrogen) atoms. The lowest BCUT2D eigenvalue weighted by molar-refractivity contribution is -0.147. The number of imide groups is 3. The van der Waals surface area contributed by atoms with E-state index in [9.17, 15) is 14.4 Å². The number of aromatic nitrogens is 1. The normalized spacial score (nSPS) is 18.1. The zero-order valence-corrected chi connectivity index (χ0v) is 17.3. The minimum atomic E-state index is -0.919. The number of carbonyl (C=O) groups excluding carboxylic acids is 3. The number of carbonyl (C=O) groups is 3. The van der Waals surface area contributed by atoms with Crippen LogP contribution in [0.2, 0.25) is 0 Å². The van der Waals surface area contributed by atoms with Gasteiger partial charge in [0.15, 0.2) is 0 Å². The van der Waals surface area contributed by atoms with Crippen LogP contribution in [0.25, 0.3) is 10.9 Å². The molecule has 0 radical (unpaired) electrons. The van der Waals surface area contributed by atoms with Crippen LogP contribution in [0.1, 0.15) is 50.8 Å². The van der Waals surface area contributed by atoms with Crippen molar-refractivity contribution in [3.63, 3.8) is 0 Å². The molecule has 0 N–H and O–H groups in total. The molecule has 142 valence electrons. The van der Waals surface area contributed by atoms with Crippen molar-refractivity contribution in [3.05, 3.63) is 40.0 Å². The van der Waals surface area contributed by atoms with Gasteiger partial charge in [0.1, 0.15) is 5.60 Å². The number of hydrogen-bond donors (Lipinski definition) is 0. The van der Waals surface area contributed by atoms with Crippen molar-refractivity contribution in [3.8, 4) is 0 Å². The number of hydrogen-bond acceptors (Lipinski definition) is 5. The summed E-state index contributed by atoms with van der Waals surface area (Å²) in [6.45, 7) is 6.90. The number of aryl methyl sites for hydroxylation is 1. The number of piperidine rings is 1. The third-order valence-corrected chi connectivity index (χ3v) is 4.87. The molecule has 1 aromatic heterocycles. The summed E-state index contributed by atoms with van der Waals surface area (Å²) in [6, 6.07) is 7.64. The largest absolute Gasteiger partial charge is 0.443 e. The SMILES string of the molecule is Cc1nc2cc(Br)ccc2cc1C1CCC(=O)N(C(=O)OC(C)(C)C)C1=O. The van der Waals surface area contributed by atoms with Crippen molar-refractivity contribution in [1.82, 2.24) is 9.88 Å². The number of ether oxygens (including phenoxy) is 1. The molecule has 6 nitrogen and oxygen atoms in total. The average Bonchev–Trinajstić information content (AvgIpc) is 2.53. The molecule has 0 bridgehead atoms. The Hall–Kier alpha value is -2.28. The van der Waals surface area contributed by atoms with E-state index in [-0.39, 0.29) is 6.42 Å². The predicted molar refractivity (Wildman–Crippen MR) is 104 cm³/mol. The summed E-state index contributed by atoms with van der Waals surface area (Å²) < 4.78 is 6.16. The summed E-state index contributed by atoms with van der Waals surface area (Å²) in [5, 5.41) is 0.896. The molecule has 2 aromatic rings. The quantitative estimate of drug-likeness (QED) is 0.621. The highest BCUT2D eigenvalue weighted by Gasteiger charge is 2.41. The van der Waals surface area contributed by atoms with Crippen LogP contribution in [0.4, 0.5) is 4.79 Å². The van der Waals surface area contributed by atoms with Gasteiger partial charge in [-0.2, -0.15) is 4.90 Å². The molecule has 1 saturated heterocycles. The Balaban J connectivity index is 1.97. The molecular formula is C20H21BrN2O4. The van der Waals surface area contributed by atoms with Crippen molar-refractivity contribution in [2.24, 2.45) is 0 Å². The van der Waals surface area contributed by atoms with E-state index in [1.54, 1.807) is 20.8 Å². The first-order valence-electron chi connectivity index (χ1n) is 8.73. The van der Waals surface area contributed by atoms with Gasteiger partial charge in [-0.05, 0) is 57.9 Å². The molecular weight excluding hydrogens is 412 g/mol. The fourth-order valence-electron chi connectivity index (χ4n) is 3.18. The number of pyridine rings is 1. The third-order valence-electron chi connectivity index (χ3n) is 4.38. The summed E-state index contributed by atoms with van der Waals surface area (Å²) in [5.74, 6) is -1.68. The first kappa shape index (κ1) is 19.5. The maximum atomic E-state index is 13.0. The first-order valence-corrected chi connectivity index (χ1v) is 9.53. The molecule has 3 amide bonds. The van der Waals surface area contributed by atoms with Gasteiger partial charge in [-0.15, -0.1) is 0 Å². The smallest absolute Gasteiger partial charge is 0.424 e. The number of likely N-dealkylation sites (tertiary alicyclic amines) is 1. The van der Waals surface area contributed by atoms with Crippen LogP contribution in [-0.4, -0.2) is 33.4 Å². The summed E-state index contributed by atoms with van der Waals surface area (Å²) in [5.41, 5.74) is 1.46. The summed E-state index contributed by atoms with van der Waals surface area (Å²) in [4.78, 5) is 42.8. The molecule has 1 unspecified atom stereocenters. The van der Waals surface area contributed by atoms with E-state index in [4.69, 9.17) is 4.74 Å². The van der Waals surface area contributed by atoms with Crippen LogP contribution in [0, 0.1) is 6.92 Å². The molecule has 0 aliphatic carbocycles. The molecule has 7 heteroatoms. The van der Waals surface area contributed by atoms with Crippen molar-refractivity contribution in [2.75, 3.05) is 0 Å². The topological polar surface area (TPSA) is 76.6 Å². The molecule has 2 heterocycles. The number of nitrogens with zero attached hydrogens (tertiary/aromatic N) is 2. The highest BCUT2D eigenvalue weighted by Crippen LogP contribution is 2.33. The Labute approximate surface area is 166 Å². The van der Waals surface area contributed by atoms with E-state index in [2.05, 4.69) is 20.9 Å². The van der Waals surface area contributed by atoms with E-state index in [1.165, 1.54) is 0 Å². The van der Waals surface area contributed by atoms with Gasteiger partial charge in [-0.3, -0.25) is 14.6 Å². The number of rotatable bonds is 1. The fraction of sp³-hybridized carbons (Fsp3) is 0.400. The molecule has 1 fully saturated rings. The third kappa shape index (κ3) is 4.03. The van der Waals surface area contributed by atoms with E-state index in [1.807, 2.05) is 31.2 Å². The minimum Gasteiger partial charge on any atom is -0.443 e. The Morgan fingerprint density at radius 2 is 1.96 bits per heavy atom. The van der Waals surface area contributed by atoms with Crippen LogP contribution >= 0.6 is 15.9 Å². The Kier molecular flexibility index (Phi) is 5.08. The second-order valence-corrected chi connectivity index (χ2v) is 8.55. The summed E-state index contributed by atoms with van der Waals surface area (Å²) in [6.07, 6.45) is -0.466. The zero-order chi connectivity index (χ0) is 19.9. The summed E-state index contributed by atoms with van der Waals surface area (Å²) in [7, 11) is 0. The monoisotopic (exact) mass is 432 g/mol. The van der Waals surface area contributed by atoms with E-state index >= 15 is 0 Å². The minimum absolute atomic E-state index is 0.105. The Morgan fingerprint density at radius 3 is 2.63 bits per heavy atom. The molecule has 1 aliphatic rings. The second kappa shape index (κ2) is 7.03. The molecule has 1 aromatic carbocycles. The Morgan fingerprint density at radius 1 is 1.26 bits per heavy atom. The lowest BCUT2D eigenvalue weighted by atomic mass is 9.88. The van der Waals surface area contributed by atoms with Gasteiger partial charge in [-0.1, -0.05) is 22.0 Å². The first-order chi connectivity index (χ1) is 12.6. The predicted octanol–water partition coefficient (Wildman–Crippen LogP) is 4.47. The van der Waals surface area contributed by atoms with Crippen LogP contribution < -0.4 is 0 Å². The zero-order valence-electron chi connectivity index (χ0n) is 15.7. The second-order valence-electron chi connectivity index (χ2n) is 7.64. The molecule has 3 rings (SSSR count). The van der Waals surface area contributed by atoms with Crippen molar-refractivity contribution in [2.45, 2.75) is 52.1 Å². The highest BCUT2D eigenvalue weighted by molar-refractivity contribution is 9.10. The fourth-order valence-corrected chi connectivity index (χ4v) is 3.52. The molecule has 0 saturated carbocycles. The van der Waals surface area contributed by atoms with E-state index in [0.29, 0.717) is 17.0 Å².